The molecule has 0 N–H and O–H groups in total. The minimum atomic E-state index is 0.860. The minimum Gasteiger partial charge on any atom is -0.315 e. The van der Waals surface area contributed by atoms with E-state index < -0.39 is 0 Å². The second kappa shape index (κ2) is 7.81. The first-order valence-corrected chi connectivity index (χ1v) is 10.3. The van der Waals surface area contributed by atoms with Gasteiger partial charge in [0.05, 0.1) is 16.3 Å². The average Bonchev–Trinajstić information content (AvgIpc) is 3.32. The molecule has 0 fully saturated rings. The molecular formula is C21H19N3S2. The molecule has 0 aliphatic rings. The van der Waals surface area contributed by atoms with Gasteiger partial charge in [-0.2, -0.15) is 0 Å². The predicted molar refractivity (Wildman–Crippen MR) is 110 cm³/mol. The fourth-order valence-corrected chi connectivity index (χ4v) is 4.53. The van der Waals surface area contributed by atoms with E-state index in [0.717, 1.165) is 29.1 Å². The van der Waals surface area contributed by atoms with Gasteiger partial charge in [0.25, 0.3) is 0 Å². The van der Waals surface area contributed by atoms with Crippen LogP contribution in [0.2, 0.25) is 0 Å². The number of thiazole rings is 1. The average molecular weight is 378 g/mol. The molecule has 3 nitrogen and oxygen atoms in total. The maximum Gasteiger partial charge on any atom is 0.190 e. The lowest BCUT2D eigenvalue weighted by molar-refractivity contribution is 0.675. The Balaban J connectivity index is 1.73. The highest BCUT2D eigenvalue weighted by Gasteiger charge is 2.09. The number of benzene rings is 1. The number of hydrogen-bond acceptors (Lipinski definition) is 4. The van der Waals surface area contributed by atoms with Crippen molar-refractivity contribution in [1.82, 2.24) is 9.55 Å². The van der Waals surface area contributed by atoms with Crippen LogP contribution in [0.15, 0.2) is 76.5 Å². The molecule has 0 atom stereocenters. The summed E-state index contributed by atoms with van der Waals surface area (Å²) in [6.07, 6.45) is 2.74. The molecule has 0 spiro atoms. The van der Waals surface area contributed by atoms with E-state index in [-0.39, 0.29) is 0 Å². The van der Waals surface area contributed by atoms with Gasteiger partial charge in [0.1, 0.15) is 0 Å². The first-order chi connectivity index (χ1) is 12.8. The SMILES string of the molecule is Cc1ccc(N=c2scc(-c3cccs3)n2CCc2ccccn2)cc1. The summed E-state index contributed by atoms with van der Waals surface area (Å²) in [5.74, 6) is 0. The molecule has 0 unspecified atom stereocenters. The third-order valence-corrected chi connectivity index (χ3v) is 5.90. The summed E-state index contributed by atoms with van der Waals surface area (Å²) in [6.45, 7) is 2.95. The number of thiophene rings is 1. The molecule has 5 heteroatoms. The molecule has 3 aromatic heterocycles. The Hall–Kier alpha value is -2.50. The van der Waals surface area contributed by atoms with Crippen molar-refractivity contribution < 1.29 is 0 Å². The standard InChI is InChI=1S/C21H19N3S2/c1-16-7-9-18(10-8-16)23-21-24(13-11-17-5-2-3-12-22-17)19(15-26-21)20-6-4-14-25-20/h2-10,12,14-15H,11,13H2,1H3. The number of hydrogen-bond donors (Lipinski definition) is 0. The van der Waals surface area contributed by atoms with E-state index in [4.69, 9.17) is 4.99 Å². The first kappa shape index (κ1) is 16.9. The summed E-state index contributed by atoms with van der Waals surface area (Å²) in [6, 6.07) is 18.7. The highest BCUT2D eigenvalue weighted by molar-refractivity contribution is 7.14. The second-order valence-electron chi connectivity index (χ2n) is 6.05. The van der Waals surface area contributed by atoms with Crippen LogP contribution < -0.4 is 4.80 Å². The molecule has 0 bridgehead atoms. The number of aromatic nitrogens is 2. The van der Waals surface area contributed by atoms with Gasteiger partial charge in [0.15, 0.2) is 4.80 Å². The van der Waals surface area contributed by atoms with Gasteiger partial charge < -0.3 is 4.57 Å². The fourth-order valence-electron chi connectivity index (χ4n) is 2.76. The Kier molecular flexibility index (Phi) is 5.09. The van der Waals surface area contributed by atoms with Gasteiger partial charge in [-0.1, -0.05) is 29.8 Å². The van der Waals surface area contributed by atoms with Crippen molar-refractivity contribution >= 4 is 28.4 Å². The van der Waals surface area contributed by atoms with E-state index in [1.165, 1.54) is 16.1 Å². The maximum atomic E-state index is 4.89. The predicted octanol–water partition coefficient (Wildman–Crippen LogP) is 5.46. The molecule has 130 valence electrons. The van der Waals surface area contributed by atoms with Crippen molar-refractivity contribution in [1.29, 1.82) is 0 Å². The zero-order chi connectivity index (χ0) is 17.8. The largest absolute Gasteiger partial charge is 0.315 e. The van der Waals surface area contributed by atoms with E-state index in [1.54, 1.807) is 22.7 Å². The van der Waals surface area contributed by atoms with E-state index in [9.17, 15) is 0 Å². The molecule has 1 aromatic carbocycles. The van der Waals surface area contributed by atoms with Crippen LogP contribution in [0.1, 0.15) is 11.3 Å². The topological polar surface area (TPSA) is 30.2 Å². The Morgan fingerprint density at radius 2 is 1.88 bits per heavy atom. The van der Waals surface area contributed by atoms with E-state index in [1.807, 2.05) is 18.3 Å². The van der Waals surface area contributed by atoms with Crippen LogP contribution >= 0.6 is 22.7 Å². The first-order valence-electron chi connectivity index (χ1n) is 8.53. The van der Waals surface area contributed by atoms with E-state index in [0.29, 0.717) is 0 Å². The van der Waals surface area contributed by atoms with Crippen molar-refractivity contribution in [3.05, 3.63) is 87.6 Å². The highest BCUT2D eigenvalue weighted by atomic mass is 32.1. The Morgan fingerprint density at radius 1 is 1.00 bits per heavy atom. The van der Waals surface area contributed by atoms with Crippen LogP contribution in [-0.4, -0.2) is 9.55 Å². The molecule has 0 radical (unpaired) electrons. The summed E-state index contributed by atoms with van der Waals surface area (Å²) in [4.78, 5) is 11.6. The molecule has 4 rings (SSSR count). The van der Waals surface area contributed by atoms with Crippen molar-refractivity contribution in [3.8, 4) is 10.6 Å². The number of rotatable bonds is 5. The lowest BCUT2D eigenvalue weighted by Crippen LogP contribution is -2.17. The van der Waals surface area contributed by atoms with Gasteiger partial charge in [-0.3, -0.25) is 4.98 Å². The molecule has 4 aromatic rings. The molecule has 0 saturated carbocycles. The van der Waals surface area contributed by atoms with Gasteiger partial charge >= 0.3 is 0 Å². The number of pyridine rings is 1. The van der Waals surface area contributed by atoms with E-state index in [2.05, 4.69) is 69.7 Å². The van der Waals surface area contributed by atoms with Crippen molar-refractivity contribution in [2.75, 3.05) is 0 Å². The van der Waals surface area contributed by atoms with Crippen LogP contribution in [-0.2, 0) is 13.0 Å². The third kappa shape index (κ3) is 3.84. The fraction of sp³-hybridized carbons (Fsp3) is 0.143. The molecular weight excluding hydrogens is 358 g/mol. The molecule has 26 heavy (non-hydrogen) atoms. The Bertz CT molecular complexity index is 1030. The number of nitrogens with zero attached hydrogens (tertiary/aromatic N) is 3. The van der Waals surface area contributed by atoms with Gasteiger partial charge in [0.2, 0.25) is 0 Å². The monoisotopic (exact) mass is 377 g/mol. The summed E-state index contributed by atoms with van der Waals surface area (Å²) in [5.41, 5.74) is 4.57. The second-order valence-corrected chi connectivity index (χ2v) is 7.84. The Morgan fingerprint density at radius 3 is 2.62 bits per heavy atom. The van der Waals surface area contributed by atoms with Crippen molar-refractivity contribution in [2.45, 2.75) is 19.9 Å². The van der Waals surface area contributed by atoms with Crippen LogP contribution in [0.3, 0.4) is 0 Å². The van der Waals surface area contributed by atoms with Gasteiger partial charge in [-0.05, 0) is 42.6 Å². The van der Waals surface area contributed by atoms with Crippen LogP contribution in [0, 0.1) is 6.92 Å². The van der Waals surface area contributed by atoms with Crippen molar-refractivity contribution in [2.24, 2.45) is 4.99 Å². The summed E-state index contributed by atoms with van der Waals surface area (Å²) >= 11 is 3.45. The lowest BCUT2D eigenvalue weighted by atomic mass is 10.2. The van der Waals surface area contributed by atoms with Crippen LogP contribution in [0.5, 0.6) is 0 Å². The summed E-state index contributed by atoms with van der Waals surface area (Å²) in [5, 5.41) is 4.32. The number of aryl methyl sites for hydroxylation is 2. The van der Waals surface area contributed by atoms with Gasteiger partial charge in [-0.15, -0.1) is 22.7 Å². The molecule has 0 saturated heterocycles. The molecule has 0 amide bonds. The minimum absolute atomic E-state index is 0.860. The van der Waals surface area contributed by atoms with Crippen molar-refractivity contribution in [3.63, 3.8) is 0 Å². The van der Waals surface area contributed by atoms with Crippen LogP contribution in [0.25, 0.3) is 10.6 Å². The van der Waals surface area contributed by atoms with E-state index >= 15 is 0 Å². The van der Waals surface area contributed by atoms with Gasteiger partial charge in [0, 0.05) is 30.2 Å². The lowest BCUT2D eigenvalue weighted by Gasteiger charge is -2.08. The zero-order valence-corrected chi connectivity index (χ0v) is 16.1. The zero-order valence-electron chi connectivity index (χ0n) is 14.5. The van der Waals surface area contributed by atoms with Gasteiger partial charge in [-0.25, -0.2) is 4.99 Å². The van der Waals surface area contributed by atoms with Crippen LogP contribution in [0.4, 0.5) is 5.69 Å². The molecule has 3 heterocycles. The normalized spacial score (nSPS) is 11.8. The molecule has 0 aliphatic heterocycles. The Labute approximate surface area is 161 Å². The quantitative estimate of drug-likeness (QED) is 0.454. The maximum absolute atomic E-state index is 4.89. The highest BCUT2D eigenvalue weighted by Crippen LogP contribution is 2.25. The molecule has 0 aliphatic carbocycles. The summed E-state index contributed by atoms with van der Waals surface area (Å²) < 4.78 is 2.31. The third-order valence-electron chi connectivity index (χ3n) is 4.15. The summed E-state index contributed by atoms with van der Waals surface area (Å²) in [7, 11) is 0. The smallest absolute Gasteiger partial charge is 0.190 e.